The SMILES string of the molecule is CCOc1ccc(C(=O)CCN(CC)CC)cc1Br. The van der Waals surface area contributed by atoms with Crippen molar-refractivity contribution in [2.75, 3.05) is 26.2 Å². The van der Waals surface area contributed by atoms with Crippen molar-refractivity contribution in [3.05, 3.63) is 28.2 Å². The Hall–Kier alpha value is -0.870. The van der Waals surface area contributed by atoms with Crippen LogP contribution in [0.5, 0.6) is 5.75 Å². The Morgan fingerprint density at radius 3 is 2.47 bits per heavy atom. The number of hydrogen-bond donors (Lipinski definition) is 0. The number of rotatable bonds is 8. The van der Waals surface area contributed by atoms with E-state index in [0.717, 1.165) is 35.4 Å². The second-order valence-electron chi connectivity index (χ2n) is 4.28. The van der Waals surface area contributed by atoms with Crippen molar-refractivity contribution in [2.24, 2.45) is 0 Å². The minimum atomic E-state index is 0.177. The van der Waals surface area contributed by atoms with Crippen LogP contribution >= 0.6 is 15.9 Å². The van der Waals surface area contributed by atoms with E-state index < -0.39 is 0 Å². The van der Waals surface area contributed by atoms with Crippen molar-refractivity contribution in [3.63, 3.8) is 0 Å². The summed E-state index contributed by atoms with van der Waals surface area (Å²) in [6.07, 6.45) is 0.558. The highest BCUT2D eigenvalue weighted by Crippen LogP contribution is 2.26. The van der Waals surface area contributed by atoms with Crippen molar-refractivity contribution in [3.8, 4) is 5.75 Å². The molecular formula is C15H22BrNO2. The molecule has 0 N–H and O–H groups in total. The average molecular weight is 328 g/mol. The summed E-state index contributed by atoms with van der Waals surface area (Å²) < 4.78 is 6.27. The van der Waals surface area contributed by atoms with Crippen LogP contribution in [-0.2, 0) is 0 Å². The summed E-state index contributed by atoms with van der Waals surface area (Å²) in [5.41, 5.74) is 0.738. The van der Waals surface area contributed by atoms with Crippen molar-refractivity contribution in [1.82, 2.24) is 4.90 Å². The van der Waals surface area contributed by atoms with Crippen LogP contribution < -0.4 is 4.74 Å². The summed E-state index contributed by atoms with van der Waals surface area (Å²) >= 11 is 3.44. The van der Waals surface area contributed by atoms with Gasteiger partial charge in [-0.05, 0) is 54.1 Å². The van der Waals surface area contributed by atoms with E-state index in [4.69, 9.17) is 4.74 Å². The summed E-state index contributed by atoms with van der Waals surface area (Å²) in [6.45, 7) is 9.57. The van der Waals surface area contributed by atoms with Crippen LogP contribution in [0.3, 0.4) is 0 Å². The molecule has 4 heteroatoms. The molecule has 0 saturated heterocycles. The number of Topliss-reactive ketones (excluding diaryl/α,β-unsaturated/α-hetero) is 1. The van der Waals surface area contributed by atoms with Gasteiger partial charge in [-0.25, -0.2) is 0 Å². The largest absolute Gasteiger partial charge is 0.493 e. The van der Waals surface area contributed by atoms with Gasteiger partial charge >= 0.3 is 0 Å². The molecule has 0 aliphatic heterocycles. The van der Waals surface area contributed by atoms with E-state index in [1.165, 1.54) is 0 Å². The molecule has 0 heterocycles. The van der Waals surface area contributed by atoms with Crippen LogP contribution in [0.15, 0.2) is 22.7 Å². The van der Waals surface area contributed by atoms with Crippen molar-refractivity contribution in [2.45, 2.75) is 27.2 Å². The van der Waals surface area contributed by atoms with Gasteiger partial charge in [0.25, 0.3) is 0 Å². The van der Waals surface area contributed by atoms with Crippen molar-refractivity contribution >= 4 is 21.7 Å². The number of nitrogens with zero attached hydrogens (tertiary/aromatic N) is 1. The smallest absolute Gasteiger partial charge is 0.164 e. The number of benzene rings is 1. The third-order valence-corrected chi connectivity index (χ3v) is 3.72. The number of carbonyl (C=O) groups is 1. The second-order valence-corrected chi connectivity index (χ2v) is 5.13. The van der Waals surface area contributed by atoms with Gasteiger partial charge in [-0.3, -0.25) is 4.79 Å². The quantitative estimate of drug-likeness (QED) is 0.681. The molecule has 0 fully saturated rings. The van der Waals surface area contributed by atoms with Gasteiger partial charge in [0, 0.05) is 18.5 Å². The molecular weight excluding hydrogens is 306 g/mol. The first-order valence-corrected chi connectivity index (χ1v) is 7.59. The zero-order valence-corrected chi connectivity index (χ0v) is 13.5. The highest BCUT2D eigenvalue weighted by Gasteiger charge is 2.10. The lowest BCUT2D eigenvalue weighted by Gasteiger charge is -2.17. The van der Waals surface area contributed by atoms with Crippen LogP contribution in [0.4, 0.5) is 0 Å². The minimum Gasteiger partial charge on any atom is -0.493 e. The summed E-state index contributed by atoms with van der Waals surface area (Å²) in [6, 6.07) is 5.52. The third-order valence-electron chi connectivity index (χ3n) is 3.10. The summed E-state index contributed by atoms with van der Waals surface area (Å²) in [5.74, 6) is 0.957. The molecule has 3 nitrogen and oxygen atoms in total. The predicted molar refractivity (Wildman–Crippen MR) is 82.0 cm³/mol. The molecule has 0 amide bonds. The summed E-state index contributed by atoms with van der Waals surface area (Å²) in [5, 5.41) is 0. The summed E-state index contributed by atoms with van der Waals surface area (Å²) in [4.78, 5) is 14.4. The number of carbonyl (C=O) groups excluding carboxylic acids is 1. The van der Waals surface area contributed by atoms with E-state index in [2.05, 4.69) is 34.7 Å². The molecule has 106 valence electrons. The molecule has 0 spiro atoms. The number of hydrogen-bond acceptors (Lipinski definition) is 3. The average Bonchev–Trinajstić information content (AvgIpc) is 2.42. The molecule has 1 aromatic rings. The Balaban J connectivity index is 2.64. The minimum absolute atomic E-state index is 0.177. The highest BCUT2D eigenvalue weighted by atomic mass is 79.9. The van der Waals surface area contributed by atoms with E-state index in [-0.39, 0.29) is 5.78 Å². The third kappa shape index (κ3) is 4.96. The fourth-order valence-corrected chi connectivity index (χ4v) is 2.38. The molecule has 0 bridgehead atoms. The Labute approximate surface area is 124 Å². The van der Waals surface area contributed by atoms with Crippen LogP contribution in [0, 0.1) is 0 Å². The topological polar surface area (TPSA) is 29.5 Å². The van der Waals surface area contributed by atoms with Crippen LogP contribution in [0.2, 0.25) is 0 Å². The molecule has 0 saturated carbocycles. The lowest BCUT2D eigenvalue weighted by atomic mass is 10.1. The standard InChI is InChI=1S/C15H22BrNO2/c1-4-17(5-2)10-9-14(18)12-7-8-15(19-6-3)13(16)11-12/h7-8,11H,4-6,9-10H2,1-3H3. The molecule has 0 unspecified atom stereocenters. The highest BCUT2D eigenvalue weighted by molar-refractivity contribution is 9.10. The van der Waals surface area contributed by atoms with Crippen molar-refractivity contribution in [1.29, 1.82) is 0 Å². The van der Waals surface area contributed by atoms with Crippen molar-refractivity contribution < 1.29 is 9.53 Å². The van der Waals surface area contributed by atoms with E-state index in [0.29, 0.717) is 13.0 Å². The maximum atomic E-state index is 12.1. The van der Waals surface area contributed by atoms with Crippen LogP contribution in [-0.4, -0.2) is 36.9 Å². The normalized spacial score (nSPS) is 10.8. The first-order valence-electron chi connectivity index (χ1n) is 6.80. The zero-order valence-electron chi connectivity index (χ0n) is 11.9. The van der Waals surface area contributed by atoms with Gasteiger partial charge in [0.1, 0.15) is 5.75 Å². The number of ether oxygens (including phenoxy) is 1. The Kier molecular flexibility index (Phi) is 7.10. The molecule has 0 aliphatic rings. The zero-order chi connectivity index (χ0) is 14.3. The van der Waals surface area contributed by atoms with Crippen LogP contribution in [0.1, 0.15) is 37.6 Å². The van der Waals surface area contributed by atoms with E-state index in [1.807, 2.05) is 25.1 Å². The lowest BCUT2D eigenvalue weighted by Crippen LogP contribution is -2.25. The number of halogens is 1. The number of ketones is 1. The fourth-order valence-electron chi connectivity index (χ4n) is 1.89. The first kappa shape index (κ1) is 16.2. The molecule has 0 aliphatic carbocycles. The Morgan fingerprint density at radius 1 is 1.26 bits per heavy atom. The first-order chi connectivity index (χ1) is 9.12. The Morgan fingerprint density at radius 2 is 1.95 bits per heavy atom. The van der Waals surface area contributed by atoms with Gasteiger partial charge in [-0.2, -0.15) is 0 Å². The van der Waals surface area contributed by atoms with Gasteiger partial charge < -0.3 is 9.64 Å². The van der Waals surface area contributed by atoms with Gasteiger partial charge in [-0.1, -0.05) is 13.8 Å². The van der Waals surface area contributed by atoms with Crippen LogP contribution in [0.25, 0.3) is 0 Å². The predicted octanol–water partition coefficient (Wildman–Crippen LogP) is 3.76. The monoisotopic (exact) mass is 327 g/mol. The maximum absolute atomic E-state index is 12.1. The van der Waals surface area contributed by atoms with Gasteiger partial charge in [0.2, 0.25) is 0 Å². The fraction of sp³-hybridized carbons (Fsp3) is 0.533. The lowest BCUT2D eigenvalue weighted by molar-refractivity contribution is 0.0966. The molecule has 0 aromatic heterocycles. The summed E-state index contributed by atoms with van der Waals surface area (Å²) in [7, 11) is 0. The maximum Gasteiger partial charge on any atom is 0.164 e. The van der Waals surface area contributed by atoms with E-state index in [9.17, 15) is 4.79 Å². The molecule has 1 rings (SSSR count). The molecule has 0 radical (unpaired) electrons. The Bertz CT molecular complexity index is 417. The molecule has 0 atom stereocenters. The van der Waals surface area contributed by atoms with E-state index >= 15 is 0 Å². The van der Waals surface area contributed by atoms with Gasteiger partial charge in [0.15, 0.2) is 5.78 Å². The van der Waals surface area contributed by atoms with Gasteiger partial charge in [-0.15, -0.1) is 0 Å². The molecule has 1 aromatic carbocycles. The van der Waals surface area contributed by atoms with Gasteiger partial charge in [0.05, 0.1) is 11.1 Å². The van der Waals surface area contributed by atoms with E-state index in [1.54, 1.807) is 0 Å². The molecule has 19 heavy (non-hydrogen) atoms. The second kappa shape index (κ2) is 8.33.